The number of hydrogen-bond donors (Lipinski definition) is 0. The monoisotopic (exact) mass is 613 g/mol. The number of hydrogen-bond acceptors (Lipinski definition) is 0. The van der Waals surface area contributed by atoms with Gasteiger partial charge in [-0.3, -0.25) is 0 Å². The van der Waals surface area contributed by atoms with Crippen LogP contribution in [0.2, 0.25) is 0 Å². The molecule has 6 rings (SSSR count). The van der Waals surface area contributed by atoms with Crippen molar-refractivity contribution in [3.05, 3.63) is 95.6 Å². The van der Waals surface area contributed by atoms with Gasteiger partial charge in [0.1, 0.15) is 39.2 Å². The predicted molar refractivity (Wildman–Crippen MR) is 215 cm³/mol. The quantitative estimate of drug-likeness (QED) is 0.217. The molecule has 1 heterocycles. The van der Waals surface area contributed by atoms with E-state index in [0.29, 0.717) is 16.5 Å². The van der Waals surface area contributed by atoms with Gasteiger partial charge in [-0.25, -0.2) is 0 Å². The van der Waals surface area contributed by atoms with Crippen molar-refractivity contribution in [1.82, 2.24) is 4.57 Å². The van der Waals surface area contributed by atoms with Gasteiger partial charge in [-0.1, -0.05) is 128 Å². The highest BCUT2D eigenvalue weighted by molar-refractivity contribution is 6.68. The van der Waals surface area contributed by atoms with Gasteiger partial charge in [0.2, 0.25) is 0 Å². The van der Waals surface area contributed by atoms with Gasteiger partial charge in [-0.15, -0.1) is 16.4 Å². The average Bonchev–Trinajstić information content (AvgIpc) is 3.36. The maximum absolute atomic E-state index is 6.74. The fourth-order valence-corrected chi connectivity index (χ4v) is 7.02. The maximum atomic E-state index is 6.74. The second-order valence-electron chi connectivity index (χ2n) is 16.2. The van der Waals surface area contributed by atoms with Crippen LogP contribution in [0, 0.1) is 0 Å². The summed E-state index contributed by atoms with van der Waals surface area (Å²) in [7, 11) is 32.6. The van der Waals surface area contributed by atoms with Crippen LogP contribution in [0.1, 0.15) is 79.0 Å². The van der Waals surface area contributed by atoms with Gasteiger partial charge in [0.05, 0.1) is 11.0 Å². The highest BCUT2D eigenvalue weighted by atomic mass is 15.0. The third kappa shape index (κ3) is 5.60. The molecule has 6 heteroatoms. The highest BCUT2D eigenvalue weighted by Crippen LogP contribution is 2.47. The van der Waals surface area contributed by atoms with Crippen molar-refractivity contribution < 1.29 is 0 Å². The van der Waals surface area contributed by atoms with E-state index in [1.165, 1.54) is 27.6 Å². The van der Waals surface area contributed by atoms with Gasteiger partial charge in [0.15, 0.2) is 0 Å². The van der Waals surface area contributed by atoms with E-state index in [0.717, 1.165) is 33.2 Å². The molecule has 0 unspecified atom stereocenters. The number of fused-ring (bicyclic) bond motifs is 3. The summed E-state index contributed by atoms with van der Waals surface area (Å²) in [4.78, 5) is 0. The number of rotatable bonds is 3. The van der Waals surface area contributed by atoms with Crippen LogP contribution >= 0.6 is 0 Å². The molecule has 48 heavy (non-hydrogen) atoms. The smallest absolute Gasteiger partial charge is 0.113 e. The first-order valence-corrected chi connectivity index (χ1v) is 16.7. The zero-order valence-electron chi connectivity index (χ0n) is 29.8. The van der Waals surface area contributed by atoms with Gasteiger partial charge < -0.3 is 4.57 Å². The molecule has 1 nitrogen and oxygen atoms in total. The van der Waals surface area contributed by atoms with E-state index in [4.69, 9.17) is 39.2 Å². The molecule has 0 bridgehead atoms. The summed E-state index contributed by atoms with van der Waals surface area (Å²) < 4.78 is 2.36. The SMILES string of the molecule is [B]c1c([B])c([B])c(-c2ccc3c(c2C(C)(C)C)c2c(-c4cc(C(C)(C)C)cc(C(C)(C)C)c4)cccc2n3-c2ccccc2)c([B])c1[B]. The van der Waals surface area contributed by atoms with Crippen LogP contribution in [0.25, 0.3) is 49.7 Å². The fraction of sp³-hybridized carbons (Fsp3) is 0.286. The Hall–Kier alpha value is -3.78. The van der Waals surface area contributed by atoms with E-state index >= 15 is 0 Å². The fourth-order valence-electron chi connectivity index (χ4n) is 7.02. The van der Waals surface area contributed by atoms with Gasteiger partial charge in [0, 0.05) is 16.5 Å². The largest absolute Gasteiger partial charge is 0.309 e. The molecule has 0 N–H and O–H groups in total. The van der Waals surface area contributed by atoms with Crippen LogP contribution in [0.15, 0.2) is 78.9 Å². The van der Waals surface area contributed by atoms with Gasteiger partial charge >= 0.3 is 0 Å². The Bertz CT molecular complexity index is 2160. The van der Waals surface area contributed by atoms with Crippen LogP contribution in [0.4, 0.5) is 0 Å². The van der Waals surface area contributed by atoms with Crippen LogP contribution in [0.5, 0.6) is 0 Å². The molecule has 5 aromatic carbocycles. The lowest BCUT2D eigenvalue weighted by molar-refractivity contribution is 0.569. The number of para-hydroxylation sites is 1. The summed E-state index contributed by atoms with van der Waals surface area (Å²) in [6, 6.07) is 28.6. The van der Waals surface area contributed by atoms with Crippen LogP contribution < -0.4 is 27.3 Å². The molecule has 0 saturated carbocycles. The summed E-state index contributed by atoms with van der Waals surface area (Å²) in [6.07, 6.45) is 0. The second-order valence-corrected chi connectivity index (χ2v) is 16.2. The van der Waals surface area contributed by atoms with Crippen LogP contribution in [-0.2, 0) is 16.2 Å². The molecule has 0 aliphatic carbocycles. The van der Waals surface area contributed by atoms with E-state index in [-0.39, 0.29) is 32.6 Å². The van der Waals surface area contributed by atoms with E-state index < -0.39 is 0 Å². The van der Waals surface area contributed by atoms with Crippen LogP contribution in [-0.4, -0.2) is 43.8 Å². The van der Waals surface area contributed by atoms with Crippen molar-refractivity contribution in [3.63, 3.8) is 0 Å². The molecule has 0 fully saturated rings. The predicted octanol–water partition coefficient (Wildman–Crippen LogP) is 5.98. The van der Waals surface area contributed by atoms with Crippen LogP contribution in [0.3, 0.4) is 0 Å². The molecule has 0 atom stereocenters. The standard InChI is InChI=1S/C42H40B5N/c1-40(2,3)24-20-23(21-25(22-24)41(4,5)6)27-16-13-17-29-31(27)33-30(48(29)26-14-11-10-12-15-26)19-18-28(34(33)42(7,8)9)32-35(43)37(45)39(47)38(46)36(32)44/h10-22H,1-9H3. The van der Waals surface area contributed by atoms with Crippen molar-refractivity contribution in [1.29, 1.82) is 0 Å². The average molecular weight is 613 g/mol. The summed E-state index contributed by atoms with van der Waals surface area (Å²) in [6.45, 7) is 20.4. The van der Waals surface area contributed by atoms with E-state index in [1.54, 1.807) is 0 Å². The van der Waals surface area contributed by atoms with Crippen molar-refractivity contribution in [2.75, 3.05) is 0 Å². The normalized spacial score (nSPS) is 12.7. The number of aromatic nitrogens is 1. The molecule has 0 aliphatic rings. The second kappa shape index (κ2) is 11.7. The Morgan fingerprint density at radius 3 is 1.50 bits per heavy atom. The maximum Gasteiger partial charge on any atom is 0.113 e. The summed E-state index contributed by atoms with van der Waals surface area (Å²) in [5.74, 6) is 0. The van der Waals surface area contributed by atoms with Crippen molar-refractivity contribution in [2.24, 2.45) is 0 Å². The topological polar surface area (TPSA) is 4.93 Å². The van der Waals surface area contributed by atoms with Gasteiger partial charge in [-0.2, -0.15) is 0 Å². The molecule has 0 saturated heterocycles. The minimum Gasteiger partial charge on any atom is -0.309 e. The molecular formula is C42H40B5N. The van der Waals surface area contributed by atoms with E-state index in [2.05, 4.69) is 146 Å². The Balaban J connectivity index is 1.88. The Labute approximate surface area is 294 Å². The molecule has 0 amide bonds. The van der Waals surface area contributed by atoms with Gasteiger partial charge in [-0.05, 0) is 79.5 Å². The molecule has 0 aliphatic heterocycles. The molecule has 0 spiro atoms. The molecule has 1 aromatic heterocycles. The lowest BCUT2D eigenvalue weighted by atomic mass is 9.59. The summed E-state index contributed by atoms with van der Waals surface area (Å²) in [5.41, 5.74) is 11.9. The third-order valence-corrected chi connectivity index (χ3v) is 9.67. The Kier molecular flexibility index (Phi) is 8.30. The first kappa shape index (κ1) is 34.1. The van der Waals surface area contributed by atoms with E-state index in [1.807, 2.05) is 0 Å². The number of benzene rings is 5. The van der Waals surface area contributed by atoms with Crippen molar-refractivity contribution in [3.8, 4) is 27.9 Å². The van der Waals surface area contributed by atoms with Gasteiger partial charge in [0.25, 0.3) is 0 Å². The van der Waals surface area contributed by atoms with E-state index in [9.17, 15) is 0 Å². The zero-order chi connectivity index (χ0) is 35.1. The Morgan fingerprint density at radius 1 is 0.458 bits per heavy atom. The zero-order valence-corrected chi connectivity index (χ0v) is 29.8. The van der Waals surface area contributed by atoms with Crippen molar-refractivity contribution in [2.45, 2.75) is 78.6 Å². The first-order chi connectivity index (χ1) is 22.3. The Morgan fingerprint density at radius 2 is 0.979 bits per heavy atom. The molecule has 6 aromatic rings. The molecule has 10 radical (unpaired) electrons. The first-order valence-electron chi connectivity index (χ1n) is 16.7. The minimum atomic E-state index is -0.342. The summed E-state index contributed by atoms with van der Waals surface area (Å²) >= 11 is 0. The molecular weight excluding hydrogens is 573 g/mol. The van der Waals surface area contributed by atoms with Crippen molar-refractivity contribution >= 4 is 88.4 Å². The highest BCUT2D eigenvalue weighted by Gasteiger charge is 2.29. The number of nitrogens with zero attached hydrogens (tertiary/aromatic N) is 1. The minimum absolute atomic E-state index is 0.0320. The lowest BCUT2D eigenvalue weighted by Gasteiger charge is -2.29. The summed E-state index contributed by atoms with van der Waals surface area (Å²) in [5, 5.41) is 2.31. The lowest BCUT2D eigenvalue weighted by Crippen LogP contribution is -2.55. The third-order valence-electron chi connectivity index (χ3n) is 9.67. The molecule has 228 valence electrons.